The van der Waals surface area contributed by atoms with E-state index in [-0.39, 0.29) is 0 Å². The lowest BCUT2D eigenvalue weighted by Crippen LogP contribution is -2.20. The summed E-state index contributed by atoms with van der Waals surface area (Å²) in [5, 5.41) is 6.27. The first kappa shape index (κ1) is 14.5. The van der Waals surface area contributed by atoms with E-state index in [2.05, 4.69) is 39.4 Å². The minimum atomic E-state index is 0.368. The standard InChI is InChI=1S/C12H24N6/c1-6-7-8-9(2)14-11-15-10(13-3)16-12(17-11)18(4)5/h9H,6-8H2,1-5H3,(H2,13,14,15,16,17). The summed E-state index contributed by atoms with van der Waals surface area (Å²) in [6, 6.07) is 0.368. The van der Waals surface area contributed by atoms with Gasteiger partial charge in [0.05, 0.1) is 0 Å². The molecule has 0 aromatic carbocycles. The Hall–Kier alpha value is -1.59. The van der Waals surface area contributed by atoms with Crippen molar-refractivity contribution in [2.75, 3.05) is 36.7 Å². The highest BCUT2D eigenvalue weighted by Crippen LogP contribution is 2.13. The molecular weight excluding hydrogens is 228 g/mol. The molecular formula is C12H24N6. The van der Waals surface area contributed by atoms with Gasteiger partial charge >= 0.3 is 0 Å². The zero-order chi connectivity index (χ0) is 13.5. The van der Waals surface area contributed by atoms with Crippen LogP contribution in [0.3, 0.4) is 0 Å². The molecule has 1 atom stereocenters. The van der Waals surface area contributed by atoms with Gasteiger partial charge in [0.25, 0.3) is 0 Å². The molecule has 1 rings (SSSR count). The molecule has 2 N–H and O–H groups in total. The molecule has 0 aliphatic carbocycles. The van der Waals surface area contributed by atoms with Crippen LogP contribution in [-0.2, 0) is 0 Å². The summed E-state index contributed by atoms with van der Waals surface area (Å²) in [4.78, 5) is 14.8. The smallest absolute Gasteiger partial charge is 0.231 e. The van der Waals surface area contributed by atoms with Gasteiger partial charge in [0.1, 0.15) is 0 Å². The van der Waals surface area contributed by atoms with E-state index in [4.69, 9.17) is 0 Å². The summed E-state index contributed by atoms with van der Waals surface area (Å²) >= 11 is 0. The Morgan fingerprint density at radius 2 is 1.83 bits per heavy atom. The minimum Gasteiger partial charge on any atom is -0.357 e. The lowest BCUT2D eigenvalue weighted by Gasteiger charge is -2.16. The Morgan fingerprint density at radius 3 is 2.39 bits per heavy atom. The molecule has 1 aromatic rings. The maximum absolute atomic E-state index is 4.38. The normalized spacial score (nSPS) is 12.1. The number of unbranched alkanes of at least 4 members (excludes halogenated alkanes) is 1. The van der Waals surface area contributed by atoms with Crippen LogP contribution in [0.2, 0.25) is 0 Å². The van der Waals surface area contributed by atoms with E-state index < -0.39 is 0 Å². The Labute approximate surface area is 109 Å². The van der Waals surface area contributed by atoms with Crippen molar-refractivity contribution in [1.82, 2.24) is 15.0 Å². The predicted octanol–water partition coefficient (Wildman–Crippen LogP) is 1.97. The van der Waals surface area contributed by atoms with E-state index in [0.717, 1.165) is 6.42 Å². The SMILES string of the molecule is CCCCC(C)Nc1nc(NC)nc(N(C)C)n1. The van der Waals surface area contributed by atoms with Crippen molar-refractivity contribution in [3.63, 3.8) is 0 Å². The molecule has 0 spiro atoms. The summed E-state index contributed by atoms with van der Waals surface area (Å²) in [5.74, 6) is 1.86. The van der Waals surface area contributed by atoms with E-state index in [1.807, 2.05) is 19.0 Å². The third-order valence-electron chi connectivity index (χ3n) is 2.61. The van der Waals surface area contributed by atoms with Crippen LogP contribution in [0.15, 0.2) is 0 Å². The predicted molar refractivity (Wildman–Crippen MR) is 76.3 cm³/mol. The second kappa shape index (κ2) is 6.98. The van der Waals surface area contributed by atoms with Crippen molar-refractivity contribution in [3.05, 3.63) is 0 Å². The second-order valence-electron chi connectivity index (χ2n) is 4.61. The molecule has 6 nitrogen and oxygen atoms in total. The molecule has 0 bridgehead atoms. The number of nitrogens with zero attached hydrogens (tertiary/aromatic N) is 4. The molecule has 1 aromatic heterocycles. The molecule has 0 aliphatic rings. The van der Waals surface area contributed by atoms with Crippen molar-refractivity contribution in [1.29, 1.82) is 0 Å². The molecule has 0 saturated heterocycles. The van der Waals surface area contributed by atoms with Crippen LogP contribution < -0.4 is 15.5 Å². The third-order valence-corrected chi connectivity index (χ3v) is 2.61. The minimum absolute atomic E-state index is 0.368. The maximum Gasteiger partial charge on any atom is 0.231 e. The number of hydrogen-bond donors (Lipinski definition) is 2. The molecule has 102 valence electrons. The molecule has 0 saturated carbocycles. The molecule has 0 fully saturated rings. The Balaban J connectivity index is 2.77. The lowest BCUT2D eigenvalue weighted by molar-refractivity contribution is 0.640. The van der Waals surface area contributed by atoms with Gasteiger partial charge in [-0.1, -0.05) is 19.8 Å². The fraction of sp³-hybridized carbons (Fsp3) is 0.750. The van der Waals surface area contributed by atoms with Crippen LogP contribution in [0, 0.1) is 0 Å². The van der Waals surface area contributed by atoms with Gasteiger partial charge in [-0.3, -0.25) is 0 Å². The van der Waals surface area contributed by atoms with Crippen molar-refractivity contribution in [2.24, 2.45) is 0 Å². The fourth-order valence-corrected chi connectivity index (χ4v) is 1.54. The summed E-state index contributed by atoms with van der Waals surface area (Å²) in [5.41, 5.74) is 0. The van der Waals surface area contributed by atoms with Crippen molar-refractivity contribution < 1.29 is 0 Å². The zero-order valence-electron chi connectivity index (χ0n) is 12.0. The summed E-state index contributed by atoms with van der Waals surface area (Å²) in [6.07, 6.45) is 3.53. The summed E-state index contributed by atoms with van der Waals surface area (Å²) in [6.45, 7) is 4.34. The fourth-order valence-electron chi connectivity index (χ4n) is 1.54. The highest BCUT2D eigenvalue weighted by molar-refractivity contribution is 5.42. The Morgan fingerprint density at radius 1 is 1.17 bits per heavy atom. The average molecular weight is 252 g/mol. The van der Waals surface area contributed by atoms with E-state index in [1.54, 1.807) is 7.05 Å². The monoisotopic (exact) mass is 252 g/mol. The first-order valence-electron chi connectivity index (χ1n) is 6.44. The molecule has 18 heavy (non-hydrogen) atoms. The highest BCUT2D eigenvalue weighted by atomic mass is 15.3. The van der Waals surface area contributed by atoms with Gasteiger partial charge in [0, 0.05) is 27.2 Å². The van der Waals surface area contributed by atoms with E-state index >= 15 is 0 Å². The van der Waals surface area contributed by atoms with Crippen LogP contribution in [0.5, 0.6) is 0 Å². The average Bonchev–Trinajstić information content (AvgIpc) is 2.35. The number of anilines is 3. The van der Waals surface area contributed by atoms with Gasteiger partial charge in [0.15, 0.2) is 0 Å². The van der Waals surface area contributed by atoms with E-state index in [9.17, 15) is 0 Å². The van der Waals surface area contributed by atoms with Gasteiger partial charge in [-0.2, -0.15) is 15.0 Å². The van der Waals surface area contributed by atoms with Gasteiger partial charge < -0.3 is 15.5 Å². The quantitative estimate of drug-likeness (QED) is 0.773. The zero-order valence-corrected chi connectivity index (χ0v) is 12.0. The van der Waals surface area contributed by atoms with Crippen LogP contribution in [-0.4, -0.2) is 42.1 Å². The van der Waals surface area contributed by atoms with Gasteiger partial charge in [-0.15, -0.1) is 0 Å². The molecule has 0 aliphatic heterocycles. The Bertz CT molecular complexity index is 366. The van der Waals surface area contributed by atoms with Crippen molar-refractivity contribution >= 4 is 17.8 Å². The second-order valence-corrected chi connectivity index (χ2v) is 4.61. The number of hydrogen-bond acceptors (Lipinski definition) is 6. The number of nitrogens with one attached hydrogen (secondary N) is 2. The van der Waals surface area contributed by atoms with Crippen molar-refractivity contribution in [3.8, 4) is 0 Å². The van der Waals surface area contributed by atoms with Crippen LogP contribution in [0.25, 0.3) is 0 Å². The first-order chi connectivity index (χ1) is 8.56. The highest BCUT2D eigenvalue weighted by Gasteiger charge is 2.09. The van der Waals surface area contributed by atoms with Gasteiger partial charge in [-0.05, 0) is 13.3 Å². The maximum atomic E-state index is 4.38. The topological polar surface area (TPSA) is 66.0 Å². The van der Waals surface area contributed by atoms with Crippen molar-refractivity contribution in [2.45, 2.75) is 39.2 Å². The largest absolute Gasteiger partial charge is 0.357 e. The summed E-state index contributed by atoms with van der Waals surface area (Å²) < 4.78 is 0. The molecule has 0 amide bonds. The van der Waals surface area contributed by atoms with E-state index in [1.165, 1.54) is 12.8 Å². The first-order valence-corrected chi connectivity index (χ1v) is 6.44. The molecule has 1 heterocycles. The summed E-state index contributed by atoms with van der Waals surface area (Å²) in [7, 11) is 5.64. The van der Waals surface area contributed by atoms with Crippen LogP contribution in [0.4, 0.5) is 17.8 Å². The molecule has 1 unspecified atom stereocenters. The van der Waals surface area contributed by atoms with E-state index in [0.29, 0.717) is 23.9 Å². The van der Waals surface area contributed by atoms with Gasteiger partial charge in [0.2, 0.25) is 17.8 Å². The van der Waals surface area contributed by atoms with Crippen LogP contribution in [0.1, 0.15) is 33.1 Å². The number of rotatable bonds is 7. The lowest BCUT2D eigenvalue weighted by atomic mass is 10.1. The molecule has 0 radical (unpaired) electrons. The van der Waals surface area contributed by atoms with Gasteiger partial charge in [-0.25, -0.2) is 0 Å². The van der Waals surface area contributed by atoms with Crippen LogP contribution >= 0.6 is 0 Å². The number of aromatic nitrogens is 3. The third kappa shape index (κ3) is 4.35. The molecule has 6 heteroatoms. The Kier molecular flexibility index (Phi) is 5.61.